The molecule has 4 rings (SSSR count). The van der Waals surface area contributed by atoms with Crippen LogP contribution in [0.4, 0.5) is 0 Å². The summed E-state index contributed by atoms with van der Waals surface area (Å²) in [5.74, 6) is -0.427. The molecule has 1 aliphatic rings. The maximum Gasteiger partial charge on any atom is 0.327 e. The molecule has 1 N–H and O–H groups in total. The van der Waals surface area contributed by atoms with Gasteiger partial charge in [-0.25, -0.2) is 0 Å². The number of ether oxygens (including phenoxy) is 1. The van der Waals surface area contributed by atoms with E-state index in [0.717, 1.165) is 21.6 Å². The fraction of sp³-hybridized carbons (Fsp3) is 0.333. The zero-order valence-electron chi connectivity index (χ0n) is 20.7. The summed E-state index contributed by atoms with van der Waals surface area (Å²) < 4.78 is 6.19. The van der Waals surface area contributed by atoms with Crippen LogP contribution in [0, 0.1) is 6.92 Å². The number of carbonyl (C=O) groups is 2. The first-order chi connectivity index (χ1) is 16.6. The fourth-order valence-corrected chi connectivity index (χ4v) is 5.91. The minimum absolute atomic E-state index is 0.131. The number of cyclic esters (lactones) is 1. The Balaban J connectivity index is 1.64. The van der Waals surface area contributed by atoms with Crippen LogP contribution in [0.5, 0.6) is 5.75 Å². The Morgan fingerprint density at radius 1 is 1.00 bits per heavy atom. The number of rotatable bonds is 6. The van der Waals surface area contributed by atoms with Crippen molar-refractivity contribution in [2.45, 2.75) is 68.1 Å². The Morgan fingerprint density at radius 3 is 2.23 bits per heavy atom. The van der Waals surface area contributed by atoms with E-state index in [9.17, 15) is 14.7 Å². The van der Waals surface area contributed by atoms with Crippen LogP contribution in [-0.4, -0.2) is 22.1 Å². The van der Waals surface area contributed by atoms with E-state index in [1.54, 1.807) is 6.07 Å². The van der Waals surface area contributed by atoms with E-state index in [1.807, 2.05) is 94.4 Å². The van der Waals surface area contributed by atoms with Crippen molar-refractivity contribution in [3.8, 4) is 5.75 Å². The molecule has 2 unspecified atom stereocenters. The van der Waals surface area contributed by atoms with Gasteiger partial charge in [-0.05, 0) is 59.6 Å². The maximum absolute atomic E-state index is 13.6. The van der Waals surface area contributed by atoms with Crippen molar-refractivity contribution in [2.75, 3.05) is 0 Å². The summed E-state index contributed by atoms with van der Waals surface area (Å²) in [6.45, 7) is 7.96. The predicted octanol–water partition coefficient (Wildman–Crippen LogP) is 6.50. The topological polar surface area (TPSA) is 63.6 Å². The van der Waals surface area contributed by atoms with Crippen molar-refractivity contribution in [1.29, 1.82) is 0 Å². The monoisotopic (exact) mass is 488 g/mol. The van der Waals surface area contributed by atoms with Gasteiger partial charge in [-0.1, -0.05) is 81.4 Å². The van der Waals surface area contributed by atoms with Gasteiger partial charge in [0.25, 0.3) is 0 Å². The van der Waals surface area contributed by atoms with E-state index in [0.29, 0.717) is 18.4 Å². The van der Waals surface area contributed by atoms with Crippen LogP contribution in [0.3, 0.4) is 0 Å². The highest BCUT2D eigenvalue weighted by Gasteiger charge is 2.48. The summed E-state index contributed by atoms with van der Waals surface area (Å²) in [4.78, 5) is 27.8. The normalized spacial score (nSPS) is 20.5. The molecule has 1 saturated heterocycles. The number of carbonyl (C=O) groups excluding carboxylic acids is 2. The number of thioether (sulfide) groups is 1. The Bertz CT molecular complexity index is 1190. The summed E-state index contributed by atoms with van der Waals surface area (Å²) in [5.41, 5.74) is 2.33. The van der Waals surface area contributed by atoms with Gasteiger partial charge in [0.1, 0.15) is 11.4 Å². The molecule has 35 heavy (non-hydrogen) atoms. The smallest absolute Gasteiger partial charge is 0.327 e. The number of benzene rings is 3. The molecular formula is C30H32O4S. The molecule has 3 aromatic rings. The lowest BCUT2D eigenvalue weighted by Crippen LogP contribution is -2.47. The predicted molar refractivity (Wildman–Crippen MR) is 140 cm³/mol. The molecule has 0 aromatic heterocycles. The molecule has 4 nitrogen and oxygen atoms in total. The first-order valence-corrected chi connectivity index (χ1v) is 12.8. The van der Waals surface area contributed by atoms with Gasteiger partial charge in [0.2, 0.25) is 0 Å². The van der Waals surface area contributed by atoms with E-state index >= 15 is 0 Å². The van der Waals surface area contributed by atoms with Crippen molar-refractivity contribution < 1.29 is 19.4 Å². The number of hydrogen-bond acceptors (Lipinski definition) is 5. The molecule has 0 saturated carbocycles. The van der Waals surface area contributed by atoms with Crippen LogP contribution in [0.15, 0.2) is 77.7 Å². The van der Waals surface area contributed by atoms with E-state index in [-0.39, 0.29) is 23.4 Å². The van der Waals surface area contributed by atoms with Gasteiger partial charge in [-0.2, -0.15) is 0 Å². The van der Waals surface area contributed by atoms with Crippen LogP contribution in [0.1, 0.15) is 55.9 Å². The highest BCUT2D eigenvalue weighted by Crippen LogP contribution is 2.44. The second-order valence-corrected chi connectivity index (χ2v) is 11.4. The third-order valence-corrected chi connectivity index (χ3v) is 7.86. The molecule has 5 heteroatoms. The molecule has 0 radical (unpaired) electrons. The zero-order chi connectivity index (χ0) is 25.2. The van der Waals surface area contributed by atoms with E-state index in [1.165, 1.54) is 11.8 Å². The van der Waals surface area contributed by atoms with Crippen molar-refractivity contribution in [3.05, 3.63) is 95.1 Å². The van der Waals surface area contributed by atoms with Gasteiger partial charge in [-0.15, -0.1) is 11.8 Å². The molecule has 1 aliphatic heterocycles. The van der Waals surface area contributed by atoms with Crippen LogP contribution < -0.4 is 0 Å². The van der Waals surface area contributed by atoms with Gasteiger partial charge < -0.3 is 9.84 Å². The first-order valence-electron chi connectivity index (χ1n) is 11.9. The average molecular weight is 489 g/mol. The first kappa shape index (κ1) is 25.1. The summed E-state index contributed by atoms with van der Waals surface area (Å²) in [6.07, 6.45) is 1.36. The Kier molecular flexibility index (Phi) is 7.09. The van der Waals surface area contributed by atoms with Gasteiger partial charge in [0.15, 0.2) is 11.0 Å². The number of Topliss-reactive ketones (excluding diaryl/α,β-unsaturated/α-hetero) is 1. The third-order valence-electron chi connectivity index (χ3n) is 6.57. The number of esters is 1. The molecule has 1 heterocycles. The molecule has 2 atom stereocenters. The number of aryl methyl sites for hydroxylation is 2. The molecule has 0 aliphatic carbocycles. The highest BCUT2D eigenvalue weighted by molar-refractivity contribution is 8.01. The molecule has 3 aromatic carbocycles. The second kappa shape index (κ2) is 9.90. The van der Waals surface area contributed by atoms with E-state index in [4.69, 9.17) is 4.74 Å². The largest absolute Gasteiger partial charge is 0.508 e. The summed E-state index contributed by atoms with van der Waals surface area (Å²) in [5, 5.41) is 9.34. The number of hydrogen-bond donors (Lipinski definition) is 1. The van der Waals surface area contributed by atoms with Crippen LogP contribution in [-0.2, 0) is 31.8 Å². The van der Waals surface area contributed by atoms with Crippen molar-refractivity contribution in [1.82, 2.24) is 0 Å². The third kappa shape index (κ3) is 5.46. The maximum atomic E-state index is 13.6. The van der Waals surface area contributed by atoms with Gasteiger partial charge in [0.05, 0.1) is 6.42 Å². The summed E-state index contributed by atoms with van der Waals surface area (Å²) in [7, 11) is 0. The number of ketones is 1. The number of phenolic OH excluding ortho intramolecular Hbond substituents is 1. The van der Waals surface area contributed by atoms with Crippen molar-refractivity contribution >= 4 is 23.5 Å². The lowest BCUT2D eigenvalue weighted by atomic mass is 9.81. The minimum Gasteiger partial charge on any atom is -0.508 e. The molecular weight excluding hydrogens is 456 g/mol. The lowest BCUT2D eigenvalue weighted by Gasteiger charge is -2.39. The van der Waals surface area contributed by atoms with Crippen molar-refractivity contribution in [3.63, 3.8) is 0 Å². The Labute approximate surface area is 211 Å². The van der Waals surface area contributed by atoms with Crippen LogP contribution in [0.2, 0.25) is 0 Å². The van der Waals surface area contributed by atoms with Gasteiger partial charge >= 0.3 is 5.97 Å². The summed E-state index contributed by atoms with van der Waals surface area (Å²) >= 11 is 1.23. The molecule has 0 bridgehead atoms. The van der Waals surface area contributed by atoms with Gasteiger partial charge in [-0.3, -0.25) is 9.59 Å². The Hall–Kier alpha value is -3.05. The van der Waals surface area contributed by atoms with Crippen molar-refractivity contribution in [2.24, 2.45) is 0 Å². The van der Waals surface area contributed by atoms with Gasteiger partial charge in [0, 0.05) is 4.90 Å². The molecule has 0 spiro atoms. The quantitative estimate of drug-likeness (QED) is 0.317. The molecule has 0 amide bonds. The SMILES string of the molecule is Cc1cc(SC2C(=O)CC(CCc3ccccc3)(c3ccccc3)OC2=O)c(C(C)(C)C)cc1O. The highest BCUT2D eigenvalue weighted by atomic mass is 32.2. The van der Waals surface area contributed by atoms with E-state index < -0.39 is 16.8 Å². The Morgan fingerprint density at radius 2 is 1.63 bits per heavy atom. The van der Waals surface area contributed by atoms with E-state index in [2.05, 4.69) is 0 Å². The zero-order valence-corrected chi connectivity index (χ0v) is 21.5. The minimum atomic E-state index is -0.986. The molecule has 1 fully saturated rings. The second-order valence-electron chi connectivity index (χ2n) is 10.3. The van der Waals surface area contributed by atoms with Crippen LogP contribution in [0.25, 0.3) is 0 Å². The lowest BCUT2D eigenvalue weighted by molar-refractivity contribution is -0.171. The van der Waals surface area contributed by atoms with Crippen LogP contribution >= 0.6 is 11.8 Å². The standard InChI is InChI=1S/C30H32O4S/c1-20-17-26(23(18-24(20)31)29(2,3)4)35-27-25(32)19-30(34-28(27)33,22-13-9-6-10-14-22)16-15-21-11-7-5-8-12-21/h5-14,17-18,27,31H,15-16,19H2,1-4H3. The number of phenols is 1. The number of aromatic hydroxyl groups is 1. The molecule has 182 valence electrons. The summed E-state index contributed by atoms with van der Waals surface area (Å²) in [6, 6.07) is 23.2. The average Bonchev–Trinajstić information content (AvgIpc) is 2.82. The fourth-order valence-electron chi connectivity index (χ4n) is 4.56.